The van der Waals surface area contributed by atoms with Crippen LogP contribution in [0, 0.1) is 16.4 Å². The lowest BCUT2D eigenvalue weighted by Crippen LogP contribution is -2.38. The lowest BCUT2D eigenvalue weighted by molar-refractivity contribution is -0.130. The third-order valence-electron chi connectivity index (χ3n) is 6.12. The SMILES string of the molecule is Cc1[nH]c(C(C(C)C)N2C(=O)N[C@H](c3ccc(OC[C@H](O)CO)cc3)C2=O)nc1-c1ccc(I)cc1Cl. The molecule has 1 aliphatic heterocycles. The Morgan fingerprint density at radius 3 is 2.51 bits per heavy atom. The van der Waals surface area contributed by atoms with Gasteiger partial charge >= 0.3 is 6.03 Å². The molecule has 1 aromatic heterocycles. The molecule has 196 valence electrons. The van der Waals surface area contributed by atoms with Crippen molar-refractivity contribution in [1.82, 2.24) is 20.2 Å². The maximum absolute atomic E-state index is 13.5. The van der Waals surface area contributed by atoms with Crippen molar-refractivity contribution in [2.24, 2.45) is 5.92 Å². The van der Waals surface area contributed by atoms with Crippen molar-refractivity contribution >= 4 is 46.1 Å². The second kappa shape index (κ2) is 11.4. The van der Waals surface area contributed by atoms with Crippen LogP contribution in [-0.4, -0.2) is 56.3 Å². The lowest BCUT2D eigenvalue weighted by atomic mass is 10.0. The number of carbonyl (C=O) groups excluding carboxylic acids is 2. The average Bonchev–Trinajstić information content (AvgIpc) is 3.37. The summed E-state index contributed by atoms with van der Waals surface area (Å²) in [6.07, 6.45) is -0.982. The van der Waals surface area contributed by atoms with Gasteiger partial charge in [0.1, 0.15) is 36.4 Å². The first kappa shape index (κ1) is 27.4. The first-order valence-electron chi connectivity index (χ1n) is 11.8. The number of imide groups is 1. The number of aliphatic hydroxyl groups is 2. The molecule has 0 radical (unpaired) electrons. The largest absolute Gasteiger partial charge is 0.491 e. The number of hydrogen-bond donors (Lipinski definition) is 4. The van der Waals surface area contributed by atoms with Crippen LogP contribution in [0.1, 0.15) is 43.0 Å². The first-order chi connectivity index (χ1) is 17.6. The van der Waals surface area contributed by atoms with Crippen LogP contribution in [0.2, 0.25) is 5.02 Å². The van der Waals surface area contributed by atoms with E-state index in [1.807, 2.05) is 39.0 Å². The van der Waals surface area contributed by atoms with E-state index in [4.69, 9.17) is 26.4 Å². The topological polar surface area (TPSA) is 128 Å². The number of benzene rings is 2. The number of hydrogen-bond acceptors (Lipinski definition) is 6. The monoisotopic (exact) mass is 638 g/mol. The summed E-state index contributed by atoms with van der Waals surface area (Å²) in [6.45, 7) is 5.29. The van der Waals surface area contributed by atoms with E-state index in [1.54, 1.807) is 24.3 Å². The van der Waals surface area contributed by atoms with Crippen LogP contribution >= 0.6 is 34.2 Å². The van der Waals surface area contributed by atoms with Gasteiger partial charge in [-0.3, -0.25) is 9.69 Å². The molecule has 0 saturated carbocycles. The molecule has 3 atom stereocenters. The summed E-state index contributed by atoms with van der Waals surface area (Å²) in [5, 5.41) is 21.7. The Morgan fingerprint density at radius 2 is 1.89 bits per heavy atom. The van der Waals surface area contributed by atoms with Gasteiger partial charge in [-0.15, -0.1) is 0 Å². The zero-order valence-electron chi connectivity index (χ0n) is 20.5. The molecule has 2 aromatic carbocycles. The molecule has 0 aliphatic carbocycles. The highest BCUT2D eigenvalue weighted by atomic mass is 127. The quantitative estimate of drug-likeness (QED) is 0.204. The molecule has 2 heterocycles. The molecule has 1 unspecified atom stereocenters. The predicted octanol–water partition coefficient (Wildman–Crippen LogP) is 4.37. The smallest absolute Gasteiger partial charge is 0.325 e. The molecule has 3 aromatic rings. The third-order valence-corrected chi connectivity index (χ3v) is 7.10. The number of nitrogens with one attached hydrogen (secondary N) is 2. The fraction of sp³-hybridized carbons (Fsp3) is 0.346. The second-order valence-corrected chi connectivity index (χ2v) is 10.9. The Hall–Kier alpha value is -2.67. The number of imidazole rings is 1. The van der Waals surface area contributed by atoms with Crippen molar-refractivity contribution in [3.8, 4) is 17.0 Å². The number of carbonyl (C=O) groups is 2. The third kappa shape index (κ3) is 5.77. The summed E-state index contributed by atoms with van der Waals surface area (Å²) in [5.41, 5.74) is 2.83. The molecule has 11 heteroatoms. The van der Waals surface area contributed by atoms with Crippen molar-refractivity contribution < 1.29 is 24.5 Å². The first-order valence-corrected chi connectivity index (χ1v) is 13.2. The number of H-pyrrole nitrogens is 1. The molecule has 37 heavy (non-hydrogen) atoms. The van der Waals surface area contributed by atoms with E-state index >= 15 is 0 Å². The van der Waals surface area contributed by atoms with Crippen LogP contribution < -0.4 is 10.1 Å². The Kier molecular flexibility index (Phi) is 8.42. The van der Waals surface area contributed by atoms with Crippen LogP contribution in [0.25, 0.3) is 11.3 Å². The highest BCUT2D eigenvalue weighted by Crippen LogP contribution is 2.37. The maximum Gasteiger partial charge on any atom is 0.325 e. The van der Waals surface area contributed by atoms with Crippen LogP contribution in [0.3, 0.4) is 0 Å². The minimum atomic E-state index is -0.982. The van der Waals surface area contributed by atoms with E-state index in [2.05, 4.69) is 32.9 Å². The Morgan fingerprint density at radius 1 is 1.19 bits per heavy atom. The maximum atomic E-state index is 13.5. The molecule has 9 nitrogen and oxygen atoms in total. The molecule has 0 spiro atoms. The number of aromatic amines is 1. The van der Waals surface area contributed by atoms with E-state index in [9.17, 15) is 14.7 Å². The van der Waals surface area contributed by atoms with E-state index in [1.165, 1.54) is 4.90 Å². The fourth-order valence-electron chi connectivity index (χ4n) is 4.29. The van der Waals surface area contributed by atoms with E-state index in [-0.39, 0.29) is 18.4 Å². The number of urea groups is 1. The van der Waals surface area contributed by atoms with Gasteiger partial charge in [-0.05, 0) is 65.3 Å². The van der Waals surface area contributed by atoms with Gasteiger partial charge < -0.3 is 25.3 Å². The van der Waals surface area contributed by atoms with Crippen LogP contribution in [0.4, 0.5) is 4.79 Å². The molecular weight excluding hydrogens is 611 g/mol. The van der Waals surface area contributed by atoms with Gasteiger partial charge in [-0.1, -0.05) is 43.6 Å². The van der Waals surface area contributed by atoms with Crippen LogP contribution in [0.15, 0.2) is 42.5 Å². The zero-order valence-corrected chi connectivity index (χ0v) is 23.4. The van der Waals surface area contributed by atoms with Crippen LogP contribution in [-0.2, 0) is 4.79 Å². The van der Waals surface area contributed by atoms with Crippen molar-refractivity contribution in [2.75, 3.05) is 13.2 Å². The Balaban J connectivity index is 1.59. The Bertz CT molecular complexity index is 1300. The number of aromatic nitrogens is 2. The van der Waals surface area contributed by atoms with Gasteiger partial charge in [0.25, 0.3) is 5.91 Å². The van der Waals surface area contributed by atoms with Crippen molar-refractivity contribution in [2.45, 2.75) is 39.0 Å². The van der Waals surface area contributed by atoms with Gasteiger partial charge in [-0.2, -0.15) is 0 Å². The molecular formula is C26H28ClIN4O5. The number of amides is 3. The molecule has 0 bridgehead atoms. The molecule has 4 N–H and O–H groups in total. The summed E-state index contributed by atoms with van der Waals surface area (Å²) in [4.78, 5) is 35.9. The highest BCUT2D eigenvalue weighted by molar-refractivity contribution is 14.1. The van der Waals surface area contributed by atoms with Crippen molar-refractivity contribution in [3.63, 3.8) is 0 Å². The summed E-state index contributed by atoms with van der Waals surface area (Å²) in [6, 6.07) is 10.4. The van der Waals surface area contributed by atoms with Gasteiger partial charge in [-0.25, -0.2) is 9.78 Å². The fourth-order valence-corrected chi connectivity index (χ4v) is 5.23. The molecule has 3 amide bonds. The molecule has 4 rings (SSSR count). The van der Waals surface area contributed by atoms with Crippen LogP contribution in [0.5, 0.6) is 5.75 Å². The lowest BCUT2D eigenvalue weighted by Gasteiger charge is -2.27. The minimum Gasteiger partial charge on any atom is -0.491 e. The summed E-state index contributed by atoms with van der Waals surface area (Å²) >= 11 is 8.68. The number of rotatable bonds is 9. The predicted molar refractivity (Wildman–Crippen MR) is 147 cm³/mol. The average molecular weight is 639 g/mol. The summed E-state index contributed by atoms with van der Waals surface area (Å²) in [5.74, 6) is 0.481. The van der Waals surface area contributed by atoms with Crippen molar-refractivity contribution in [1.29, 1.82) is 0 Å². The Labute approximate surface area is 233 Å². The number of ether oxygens (including phenoxy) is 1. The standard InChI is InChI=1S/C26H28ClIN4O5/c1-13(2)23(24-29-14(3)21(30-24)19-9-6-16(28)10-20(19)27)32-25(35)22(31-26(32)36)15-4-7-18(8-5-15)37-12-17(34)11-33/h4-10,13,17,22-23,33-34H,11-12H2,1-3H3,(H,29,30)(H,31,36)/t17-,22-,23?/m1/s1. The van der Waals surface area contributed by atoms with E-state index in [0.29, 0.717) is 27.9 Å². The van der Waals surface area contributed by atoms with Gasteiger partial charge in [0.15, 0.2) is 0 Å². The zero-order chi connectivity index (χ0) is 26.9. The summed E-state index contributed by atoms with van der Waals surface area (Å²) < 4.78 is 6.43. The molecule has 1 saturated heterocycles. The van der Waals surface area contributed by atoms with Gasteiger partial charge in [0, 0.05) is 14.8 Å². The van der Waals surface area contributed by atoms with Gasteiger partial charge in [0.05, 0.1) is 17.3 Å². The van der Waals surface area contributed by atoms with E-state index < -0.39 is 30.8 Å². The number of aliphatic hydroxyl groups excluding tert-OH is 2. The normalized spacial score (nSPS) is 17.3. The number of halogens is 2. The summed E-state index contributed by atoms with van der Waals surface area (Å²) in [7, 11) is 0. The second-order valence-electron chi connectivity index (χ2n) is 9.22. The van der Waals surface area contributed by atoms with E-state index in [0.717, 1.165) is 14.8 Å². The molecule has 1 fully saturated rings. The molecule has 1 aliphatic rings. The number of nitrogens with zero attached hydrogens (tertiary/aromatic N) is 2. The minimum absolute atomic E-state index is 0.0588. The van der Waals surface area contributed by atoms with Crippen molar-refractivity contribution in [3.05, 3.63) is 68.1 Å². The number of aryl methyl sites for hydroxylation is 1. The van der Waals surface area contributed by atoms with Gasteiger partial charge in [0.2, 0.25) is 0 Å². The highest BCUT2D eigenvalue weighted by Gasteiger charge is 2.45.